The summed E-state index contributed by atoms with van der Waals surface area (Å²) in [6.07, 6.45) is 4.14. The quantitative estimate of drug-likeness (QED) is 0.806. The van der Waals surface area contributed by atoms with Gasteiger partial charge in [0.25, 0.3) is 0 Å². The van der Waals surface area contributed by atoms with Crippen LogP contribution < -0.4 is 5.32 Å². The predicted molar refractivity (Wildman–Crippen MR) is 65.1 cm³/mol. The van der Waals surface area contributed by atoms with Crippen LogP contribution in [0.5, 0.6) is 0 Å². The molecule has 1 unspecified atom stereocenters. The van der Waals surface area contributed by atoms with Crippen molar-refractivity contribution in [2.45, 2.75) is 6.17 Å². The van der Waals surface area contributed by atoms with Crippen LogP contribution in [0.15, 0.2) is 24.5 Å². The fourth-order valence-electron chi connectivity index (χ4n) is 2.29. The van der Waals surface area contributed by atoms with Crippen molar-refractivity contribution < 1.29 is 0 Å². The average Bonchev–Trinajstić information content (AvgIpc) is 2.31. The van der Waals surface area contributed by atoms with Gasteiger partial charge in [0, 0.05) is 44.1 Å². The minimum atomic E-state index is 0.343. The second-order valence-corrected chi connectivity index (χ2v) is 4.41. The van der Waals surface area contributed by atoms with Crippen LogP contribution in [0.1, 0.15) is 11.7 Å². The zero-order chi connectivity index (χ0) is 11.4. The van der Waals surface area contributed by atoms with Gasteiger partial charge in [-0.15, -0.1) is 0 Å². The Morgan fingerprint density at radius 1 is 1.38 bits per heavy atom. The summed E-state index contributed by atoms with van der Waals surface area (Å²) in [5.74, 6) is 0. The highest BCUT2D eigenvalue weighted by atomic mass is 15.3. The van der Waals surface area contributed by atoms with Gasteiger partial charge in [-0.3, -0.25) is 14.8 Å². The summed E-state index contributed by atoms with van der Waals surface area (Å²) in [4.78, 5) is 8.96. The standard InChI is InChI=1S/C12H20N4/c1-15(2)12(11-4-3-5-14-10-11)16-8-6-13-7-9-16/h3-5,10,12-13H,6-9H2,1-2H3. The summed E-state index contributed by atoms with van der Waals surface area (Å²) in [6, 6.07) is 4.16. The molecule has 0 bridgehead atoms. The molecular formula is C12H20N4. The third kappa shape index (κ3) is 2.58. The molecule has 1 fully saturated rings. The maximum absolute atomic E-state index is 4.21. The van der Waals surface area contributed by atoms with Gasteiger partial charge in [0.15, 0.2) is 0 Å². The molecule has 1 aliphatic heterocycles. The van der Waals surface area contributed by atoms with Crippen molar-refractivity contribution in [2.24, 2.45) is 0 Å². The number of aromatic nitrogens is 1. The minimum Gasteiger partial charge on any atom is -0.314 e. The van der Waals surface area contributed by atoms with Crippen LogP contribution >= 0.6 is 0 Å². The van der Waals surface area contributed by atoms with Gasteiger partial charge >= 0.3 is 0 Å². The van der Waals surface area contributed by atoms with E-state index in [1.54, 1.807) is 0 Å². The van der Waals surface area contributed by atoms with E-state index in [4.69, 9.17) is 0 Å². The highest BCUT2D eigenvalue weighted by Crippen LogP contribution is 2.21. The van der Waals surface area contributed by atoms with E-state index in [1.165, 1.54) is 5.56 Å². The molecule has 0 aliphatic carbocycles. The first-order chi connectivity index (χ1) is 7.79. The SMILES string of the molecule is CN(C)C(c1cccnc1)N1CCNCC1. The Hall–Kier alpha value is -0.970. The van der Waals surface area contributed by atoms with Crippen molar-refractivity contribution in [3.05, 3.63) is 30.1 Å². The van der Waals surface area contributed by atoms with E-state index in [0.29, 0.717) is 6.17 Å². The van der Waals surface area contributed by atoms with Gasteiger partial charge in [-0.1, -0.05) is 6.07 Å². The van der Waals surface area contributed by atoms with Gasteiger partial charge in [0.2, 0.25) is 0 Å². The zero-order valence-corrected chi connectivity index (χ0v) is 10.1. The largest absolute Gasteiger partial charge is 0.314 e. The molecule has 0 radical (unpaired) electrons. The van der Waals surface area contributed by atoms with Gasteiger partial charge in [-0.2, -0.15) is 0 Å². The molecule has 1 aromatic rings. The van der Waals surface area contributed by atoms with Crippen molar-refractivity contribution in [3.63, 3.8) is 0 Å². The molecule has 0 aromatic carbocycles. The molecular weight excluding hydrogens is 200 g/mol. The van der Waals surface area contributed by atoms with Crippen molar-refractivity contribution in [1.29, 1.82) is 0 Å². The zero-order valence-electron chi connectivity index (χ0n) is 10.1. The van der Waals surface area contributed by atoms with Gasteiger partial charge in [-0.05, 0) is 20.2 Å². The number of pyridine rings is 1. The number of nitrogens with zero attached hydrogens (tertiary/aromatic N) is 3. The van der Waals surface area contributed by atoms with Gasteiger partial charge in [0.1, 0.15) is 0 Å². The van der Waals surface area contributed by atoms with Crippen LogP contribution in [0.3, 0.4) is 0 Å². The molecule has 1 N–H and O–H groups in total. The van der Waals surface area contributed by atoms with Crippen LogP contribution in [0, 0.1) is 0 Å². The van der Waals surface area contributed by atoms with E-state index >= 15 is 0 Å². The van der Waals surface area contributed by atoms with Crippen molar-refractivity contribution in [3.8, 4) is 0 Å². The molecule has 1 aliphatic rings. The summed E-state index contributed by atoms with van der Waals surface area (Å²) in [6.45, 7) is 4.34. The molecule has 2 rings (SSSR count). The normalized spacial score (nSPS) is 19.9. The molecule has 0 spiro atoms. The van der Waals surface area contributed by atoms with Crippen molar-refractivity contribution >= 4 is 0 Å². The summed E-state index contributed by atoms with van der Waals surface area (Å²) in [7, 11) is 4.25. The minimum absolute atomic E-state index is 0.343. The summed E-state index contributed by atoms with van der Waals surface area (Å²) in [5.41, 5.74) is 1.27. The number of hydrogen-bond donors (Lipinski definition) is 1. The first kappa shape index (κ1) is 11.5. The maximum Gasteiger partial charge on any atom is 0.0897 e. The van der Waals surface area contributed by atoms with Crippen LogP contribution in [-0.4, -0.2) is 55.1 Å². The fraction of sp³-hybridized carbons (Fsp3) is 0.583. The van der Waals surface area contributed by atoms with E-state index in [1.807, 2.05) is 18.5 Å². The van der Waals surface area contributed by atoms with Crippen LogP contribution in [0.25, 0.3) is 0 Å². The first-order valence-electron chi connectivity index (χ1n) is 5.80. The highest BCUT2D eigenvalue weighted by Gasteiger charge is 2.23. The summed E-state index contributed by atoms with van der Waals surface area (Å²) >= 11 is 0. The number of nitrogens with one attached hydrogen (secondary N) is 1. The third-order valence-electron chi connectivity index (χ3n) is 2.97. The lowest BCUT2D eigenvalue weighted by atomic mass is 10.1. The highest BCUT2D eigenvalue weighted by molar-refractivity contribution is 5.13. The second kappa shape index (κ2) is 5.39. The van der Waals surface area contributed by atoms with Crippen molar-refractivity contribution in [2.75, 3.05) is 40.3 Å². The fourth-order valence-corrected chi connectivity index (χ4v) is 2.29. The second-order valence-electron chi connectivity index (χ2n) is 4.41. The monoisotopic (exact) mass is 220 g/mol. The number of hydrogen-bond acceptors (Lipinski definition) is 4. The number of rotatable bonds is 3. The molecule has 4 heteroatoms. The molecule has 1 aromatic heterocycles. The Morgan fingerprint density at radius 3 is 2.69 bits per heavy atom. The van der Waals surface area contributed by atoms with Gasteiger partial charge < -0.3 is 5.32 Å². The Kier molecular flexibility index (Phi) is 3.88. The molecule has 2 heterocycles. The topological polar surface area (TPSA) is 31.4 Å². The van der Waals surface area contributed by atoms with E-state index in [-0.39, 0.29) is 0 Å². The van der Waals surface area contributed by atoms with Gasteiger partial charge in [0.05, 0.1) is 6.17 Å². The Labute approximate surface area is 97.3 Å². The third-order valence-corrected chi connectivity index (χ3v) is 2.97. The predicted octanol–water partition coefficient (Wildman–Crippen LogP) is 0.547. The molecule has 1 saturated heterocycles. The maximum atomic E-state index is 4.21. The van der Waals surface area contributed by atoms with Crippen molar-refractivity contribution in [1.82, 2.24) is 20.1 Å². The van der Waals surface area contributed by atoms with E-state index < -0.39 is 0 Å². The first-order valence-corrected chi connectivity index (χ1v) is 5.80. The molecule has 1 atom stereocenters. The summed E-state index contributed by atoms with van der Waals surface area (Å²) < 4.78 is 0. The van der Waals surface area contributed by atoms with E-state index in [2.05, 4.69) is 40.3 Å². The van der Waals surface area contributed by atoms with Gasteiger partial charge in [-0.25, -0.2) is 0 Å². The smallest absolute Gasteiger partial charge is 0.0897 e. The van der Waals surface area contributed by atoms with Crippen LogP contribution in [0.4, 0.5) is 0 Å². The molecule has 88 valence electrons. The Bertz CT molecular complexity index is 306. The molecule has 16 heavy (non-hydrogen) atoms. The Balaban J connectivity index is 2.16. The lowest BCUT2D eigenvalue weighted by Gasteiger charge is -2.38. The van der Waals surface area contributed by atoms with Crippen LogP contribution in [0.2, 0.25) is 0 Å². The summed E-state index contributed by atoms with van der Waals surface area (Å²) in [5, 5.41) is 3.38. The number of piperazine rings is 1. The lowest BCUT2D eigenvalue weighted by Crippen LogP contribution is -2.48. The lowest BCUT2D eigenvalue weighted by molar-refractivity contribution is 0.0670. The van der Waals surface area contributed by atoms with Crippen LogP contribution in [-0.2, 0) is 0 Å². The molecule has 4 nitrogen and oxygen atoms in total. The molecule has 0 saturated carbocycles. The Morgan fingerprint density at radius 2 is 2.12 bits per heavy atom. The van der Waals surface area contributed by atoms with E-state index in [0.717, 1.165) is 26.2 Å². The molecule has 0 amide bonds. The average molecular weight is 220 g/mol. The van der Waals surface area contributed by atoms with E-state index in [9.17, 15) is 0 Å².